The molecular weight excluding hydrogens is 432 g/mol. The lowest BCUT2D eigenvalue weighted by molar-refractivity contribution is 1.20. The molecule has 36 heavy (non-hydrogen) atoms. The second-order valence-corrected chi connectivity index (χ2v) is 9.37. The summed E-state index contributed by atoms with van der Waals surface area (Å²) < 4.78 is 0. The van der Waals surface area contributed by atoms with Crippen molar-refractivity contribution in [3.8, 4) is 11.1 Å². The maximum Gasteiger partial charge on any atom is -0.00201 e. The van der Waals surface area contributed by atoms with E-state index in [1.54, 1.807) is 0 Å². The van der Waals surface area contributed by atoms with Crippen LogP contribution < -0.4 is 0 Å². The monoisotopic (exact) mass is 460 g/mol. The molecule has 0 unspecified atom stereocenters. The summed E-state index contributed by atoms with van der Waals surface area (Å²) in [7, 11) is 0. The minimum Gasteiger partial charge on any atom is -0.0991 e. The number of benzene rings is 5. The lowest BCUT2D eigenvalue weighted by Gasteiger charge is -2.21. The van der Waals surface area contributed by atoms with E-state index in [1.807, 2.05) is 12.2 Å². The van der Waals surface area contributed by atoms with Crippen LogP contribution in [0.5, 0.6) is 0 Å². The van der Waals surface area contributed by atoms with Crippen LogP contribution >= 0.6 is 0 Å². The van der Waals surface area contributed by atoms with E-state index in [2.05, 4.69) is 129 Å². The van der Waals surface area contributed by atoms with Crippen LogP contribution in [0.25, 0.3) is 49.0 Å². The van der Waals surface area contributed by atoms with Gasteiger partial charge in [-0.15, -0.1) is 0 Å². The zero-order valence-corrected chi connectivity index (χ0v) is 20.5. The molecule has 0 fully saturated rings. The quantitative estimate of drug-likeness (QED) is 0.185. The minimum absolute atomic E-state index is 0.945. The second-order valence-electron chi connectivity index (χ2n) is 9.37. The summed E-state index contributed by atoms with van der Waals surface area (Å²) >= 11 is 0. The molecule has 0 bridgehead atoms. The molecule has 0 aromatic heterocycles. The van der Waals surface area contributed by atoms with Crippen LogP contribution in [0.3, 0.4) is 0 Å². The van der Waals surface area contributed by atoms with Crippen LogP contribution in [0.4, 0.5) is 0 Å². The molecule has 0 heterocycles. The first kappa shape index (κ1) is 22.1. The van der Waals surface area contributed by atoms with Gasteiger partial charge in [0.1, 0.15) is 0 Å². The molecule has 1 aliphatic carbocycles. The first-order valence-corrected chi connectivity index (χ1v) is 12.6. The van der Waals surface area contributed by atoms with Crippen molar-refractivity contribution in [1.82, 2.24) is 0 Å². The Bertz CT molecular complexity index is 1710. The molecule has 0 heteroatoms. The minimum atomic E-state index is 0.945. The lowest BCUT2D eigenvalue weighted by atomic mass is 9.82. The summed E-state index contributed by atoms with van der Waals surface area (Å²) in [6, 6.07) is 33.1. The summed E-state index contributed by atoms with van der Waals surface area (Å²) in [6.07, 6.45) is 13.8. The summed E-state index contributed by atoms with van der Waals surface area (Å²) in [4.78, 5) is 0. The van der Waals surface area contributed by atoms with E-state index in [-0.39, 0.29) is 0 Å². The van der Waals surface area contributed by atoms with E-state index in [4.69, 9.17) is 0 Å². The number of hydrogen-bond acceptors (Lipinski definition) is 0. The predicted molar refractivity (Wildman–Crippen MR) is 158 cm³/mol. The highest BCUT2D eigenvalue weighted by Crippen LogP contribution is 2.45. The molecule has 6 rings (SSSR count). The van der Waals surface area contributed by atoms with Crippen molar-refractivity contribution in [1.29, 1.82) is 0 Å². The molecule has 0 saturated heterocycles. The van der Waals surface area contributed by atoms with Crippen molar-refractivity contribution in [2.24, 2.45) is 0 Å². The van der Waals surface area contributed by atoms with Gasteiger partial charge in [-0.25, -0.2) is 0 Å². The van der Waals surface area contributed by atoms with Gasteiger partial charge in [0.05, 0.1) is 0 Å². The maximum atomic E-state index is 3.92. The fourth-order valence-corrected chi connectivity index (χ4v) is 5.61. The molecule has 172 valence electrons. The van der Waals surface area contributed by atoms with Gasteiger partial charge >= 0.3 is 0 Å². The van der Waals surface area contributed by atoms with Gasteiger partial charge < -0.3 is 0 Å². The number of hydrogen-bond donors (Lipinski definition) is 0. The van der Waals surface area contributed by atoms with E-state index in [1.165, 1.54) is 65.7 Å². The molecular formula is C36H28. The maximum absolute atomic E-state index is 3.92. The van der Waals surface area contributed by atoms with Crippen LogP contribution in [0.2, 0.25) is 0 Å². The largest absolute Gasteiger partial charge is 0.0991 e. The van der Waals surface area contributed by atoms with E-state index in [0.29, 0.717) is 0 Å². The van der Waals surface area contributed by atoms with Gasteiger partial charge in [-0.1, -0.05) is 140 Å². The average molecular weight is 461 g/mol. The lowest BCUT2D eigenvalue weighted by Crippen LogP contribution is -1.97. The topological polar surface area (TPSA) is 0 Å². The van der Waals surface area contributed by atoms with Crippen molar-refractivity contribution >= 4 is 37.9 Å². The molecule has 1 aliphatic rings. The molecule has 0 radical (unpaired) electrons. The number of rotatable bonds is 4. The normalized spacial score (nSPS) is 14.1. The molecule has 5 aromatic rings. The zero-order chi connectivity index (χ0) is 24.5. The van der Waals surface area contributed by atoms with Crippen molar-refractivity contribution in [2.75, 3.05) is 0 Å². The standard InChI is InChI=1S/C36H28/c1-3-4-17-27-25(2)14-5-7-19-29(27)35-31-20-9-11-22-33(31)36(34-23-12-10-21-32(34)35)30-24-13-16-26-15-6-8-18-28(26)30/h3-13,15-24H,1,14H2,2H3/b17-4-. The van der Waals surface area contributed by atoms with Gasteiger partial charge in [-0.2, -0.15) is 0 Å². The van der Waals surface area contributed by atoms with Gasteiger partial charge in [-0.05, 0) is 73.5 Å². The van der Waals surface area contributed by atoms with Crippen molar-refractivity contribution in [2.45, 2.75) is 13.3 Å². The van der Waals surface area contributed by atoms with Crippen molar-refractivity contribution in [3.63, 3.8) is 0 Å². The molecule has 0 N–H and O–H groups in total. The van der Waals surface area contributed by atoms with Gasteiger partial charge in [0.15, 0.2) is 0 Å². The van der Waals surface area contributed by atoms with Crippen LogP contribution in [0, 0.1) is 0 Å². The molecule has 0 aliphatic heterocycles. The van der Waals surface area contributed by atoms with Crippen LogP contribution in [0.15, 0.2) is 145 Å². The Morgan fingerprint density at radius 1 is 0.667 bits per heavy atom. The fraction of sp³-hybridized carbons (Fsp3) is 0.0556. The van der Waals surface area contributed by atoms with Gasteiger partial charge in [0, 0.05) is 0 Å². The highest BCUT2D eigenvalue weighted by Gasteiger charge is 2.20. The highest BCUT2D eigenvalue weighted by atomic mass is 14.2. The van der Waals surface area contributed by atoms with E-state index in [9.17, 15) is 0 Å². The van der Waals surface area contributed by atoms with Gasteiger partial charge in [-0.3, -0.25) is 0 Å². The number of allylic oxidation sites excluding steroid dienone is 9. The molecule has 0 saturated carbocycles. The van der Waals surface area contributed by atoms with E-state index in [0.717, 1.165) is 6.42 Å². The molecule has 0 spiro atoms. The Balaban J connectivity index is 1.78. The first-order valence-electron chi connectivity index (χ1n) is 12.6. The smallest absolute Gasteiger partial charge is 0.00201 e. The Kier molecular flexibility index (Phi) is 5.71. The second kappa shape index (κ2) is 9.32. The predicted octanol–water partition coefficient (Wildman–Crippen LogP) is 10.2. The van der Waals surface area contributed by atoms with E-state index < -0.39 is 0 Å². The fourth-order valence-electron chi connectivity index (χ4n) is 5.61. The van der Waals surface area contributed by atoms with Crippen LogP contribution in [-0.4, -0.2) is 0 Å². The molecule has 0 atom stereocenters. The van der Waals surface area contributed by atoms with Crippen molar-refractivity contribution < 1.29 is 0 Å². The third kappa shape index (κ3) is 3.63. The Hall–Kier alpha value is -4.42. The third-order valence-electron chi connectivity index (χ3n) is 7.23. The summed E-state index contributed by atoms with van der Waals surface area (Å²) in [5, 5.41) is 7.66. The third-order valence-corrected chi connectivity index (χ3v) is 7.23. The summed E-state index contributed by atoms with van der Waals surface area (Å²) in [5.41, 5.74) is 7.76. The van der Waals surface area contributed by atoms with Gasteiger partial charge in [0.2, 0.25) is 0 Å². The Morgan fingerprint density at radius 2 is 1.25 bits per heavy atom. The summed E-state index contributed by atoms with van der Waals surface area (Å²) in [6.45, 7) is 6.15. The zero-order valence-electron chi connectivity index (χ0n) is 20.5. The van der Waals surface area contributed by atoms with Crippen LogP contribution in [-0.2, 0) is 0 Å². The Labute approximate surface area is 212 Å². The van der Waals surface area contributed by atoms with Gasteiger partial charge in [0.25, 0.3) is 0 Å². The Morgan fingerprint density at radius 3 is 1.92 bits per heavy atom. The summed E-state index contributed by atoms with van der Waals surface area (Å²) in [5.74, 6) is 0. The highest BCUT2D eigenvalue weighted by molar-refractivity contribution is 6.22. The molecule has 0 amide bonds. The van der Waals surface area contributed by atoms with Crippen molar-refractivity contribution in [3.05, 3.63) is 151 Å². The first-order chi connectivity index (χ1) is 17.8. The van der Waals surface area contributed by atoms with E-state index >= 15 is 0 Å². The van der Waals surface area contributed by atoms with Crippen LogP contribution in [0.1, 0.15) is 18.9 Å². The average Bonchev–Trinajstić information content (AvgIpc) is 3.11. The SMILES string of the molecule is C=C/C=C\C1=C(C)CC=CC=C1c1c2ccccc2c(-c2cccc3ccccc23)c2ccccc12. The number of fused-ring (bicyclic) bond motifs is 3. The molecule has 5 aromatic carbocycles. The molecule has 0 nitrogen and oxygen atoms in total.